The van der Waals surface area contributed by atoms with Crippen molar-refractivity contribution in [3.8, 4) is 5.75 Å². The Morgan fingerprint density at radius 1 is 0.906 bits per heavy atom. The Balaban J connectivity index is 1.33. The van der Waals surface area contributed by atoms with Crippen LogP contribution >= 0.6 is 0 Å². The van der Waals surface area contributed by atoms with Crippen molar-refractivity contribution in [2.75, 3.05) is 51.8 Å². The Morgan fingerprint density at radius 2 is 1.59 bits per heavy atom. The number of rotatable bonds is 6. The van der Waals surface area contributed by atoms with Crippen molar-refractivity contribution >= 4 is 17.5 Å². The van der Waals surface area contributed by atoms with Crippen LogP contribution in [0.4, 0.5) is 5.69 Å². The minimum Gasteiger partial charge on any atom is -0.493 e. The van der Waals surface area contributed by atoms with Gasteiger partial charge in [-0.25, -0.2) is 0 Å². The summed E-state index contributed by atoms with van der Waals surface area (Å²) in [6.07, 6.45) is 4.18. The Morgan fingerprint density at radius 3 is 2.31 bits per heavy atom. The Labute approximate surface area is 190 Å². The predicted molar refractivity (Wildman–Crippen MR) is 126 cm³/mol. The van der Waals surface area contributed by atoms with Crippen molar-refractivity contribution in [2.24, 2.45) is 5.92 Å². The summed E-state index contributed by atoms with van der Waals surface area (Å²) in [6.45, 7) is 3.71. The molecule has 0 spiro atoms. The maximum atomic E-state index is 13.0. The molecule has 2 aliphatic heterocycles. The van der Waals surface area contributed by atoms with Gasteiger partial charge >= 0.3 is 0 Å². The van der Waals surface area contributed by atoms with Crippen LogP contribution in [0, 0.1) is 5.92 Å². The summed E-state index contributed by atoms with van der Waals surface area (Å²) in [4.78, 5) is 31.5. The van der Waals surface area contributed by atoms with Crippen LogP contribution in [0.1, 0.15) is 46.4 Å². The third kappa shape index (κ3) is 5.23. The number of piperidine rings is 1. The molecule has 2 amide bonds. The van der Waals surface area contributed by atoms with E-state index in [1.165, 1.54) is 0 Å². The molecule has 32 heavy (non-hydrogen) atoms. The van der Waals surface area contributed by atoms with Gasteiger partial charge in [-0.2, -0.15) is 0 Å². The number of hydrogen-bond acceptors (Lipinski definition) is 4. The summed E-state index contributed by atoms with van der Waals surface area (Å²) in [5, 5.41) is 0. The number of amides is 2. The zero-order valence-electron chi connectivity index (χ0n) is 19.1. The normalized spacial score (nSPS) is 18.5. The van der Waals surface area contributed by atoms with E-state index >= 15 is 0 Å². The summed E-state index contributed by atoms with van der Waals surface area (Å²) in [7, 11) is 3.98. The van der Waals surface area contributed by atoms with E-state index in [2.05, 4.69) is 0 Å². The number of ether oxygens (including phenoxy) is 1. The van der Waals surface area contributed by atoms with Crippen molar-refractivity contribution in [2.45, 2.75) is 25.7 Å². The van der Waals surface area contributed by atoms with E-state index < -0.39 is 0 Å². The second-order valence-electron chi connectivity index (χ2n) is 9.04. The van der Waals surface area contributed by atoms with E-state index in [-0.39, 0.29) is 17.7 Å². The molecule has 2 heterocycles. The fourth-order valence-electron chi connectivity index (χ4n) is 4.51. The zero-order chi connectivity index (χ0) is 22.5. The standard InChI is InChI=1S/C26H33N3O3/c1-27(2)23-12-10-21(11-13-23)25(30)29-16-6-7-20(18-29)19-32-24-9-5-8-22(17-24)26(31)28-14-3-4-15-28/h5,8-13,17,20H,3-4,6-7,14-16,18-19H2,1-2H3/t20-/m1/s1. The lowest BCUT2D eigenvalue weighted by Gasteiger charge is -2.32. The summed E-state index contributed by atoms with van der Waals surface area (Å²) in [5.41, 5.74) is 2.49. The first-order valence-electron chi connectivity index (χ1n) is 11.6. The van der Waals surface area contributed by atoms with Gasteiger partial charge in [0, 0.05) is 63.0 Å². The lowest BCUT2D eigenvalue weighted by Crippen LogP contribution is -2.41. The number of carbonyl (C=O) groups is 2. The molecule has 6 nitrogen and oxygen atoms in total. The lowest BCUT2D eigenvalue weighted by atomic mass is 9.98. The minimum atomic E-state index is 0.0817. The molecule has 0 radical (unpaired) electrons. The van der Waals surface area contributed by atoms with Crippen LogP contribution < -0.4 is 9.64 Å². The molecule has 0 saturated carbocycles. The first kappa shape index (κ1) is 22.2. The maximum absolute atomic E-state index is 13.0. The van der Waals surface area contributed by atoms with Crippen LogP contribution in [0.2, 0.25) is 0 Å². The smallest absolute Gasteiger partial charge is 0.253 e. The predicted octanol–water partition coefficient (Wildman–Crippen LogP) is 3.92. The largest absolute Gasteiger partial charge is 0.493 e. The topological polar surface area (TPSA) is 53.1 Å². The van der Waals surface area contributed by atoms with E-state index in [1.807, 2.05) is 77.3 Å². The van der Waals surface area contributed by atoms with E-state index in [1.54, 1.807) is 0 Å². The molecular formula is C26H33N3O3. The average molecular weight is 436 g/mol. The van der Waals surface area contributed by atoms with Gasteiger partial charge in [0.25, 0.3) is 11.8 Å². The third-order valence-corrected chi connectivity index (χ3v) is 6.40. The first-order chi connectivity index (χ1) is 15.5. The molecule has 4 rings (SSSR count). The molecule has 2 saturated heterocycles. The van der Waals surface area contributed by atoms with Gasteiger partial charge in [-0.3, -0.25) is 9.59 Å². The number of benzene rings is 2. The highest BCUT2D eigenvalue weighted by Gasteiger charge is 2.25. The third-order valence-electron chi connectivity index (χ3n) is 6.40. The van der Waals surface area contributed by atoms with Crippen LogP contribution in [0.25, 0.3) is 0 Å². The molecule has 170 valence electrons. The molecule has 0 bridgehead atoms. The van der Waals surface area contributed by atoms with Crippen molar-refractivity contribution < 1.29 is 14.3 Å². The summed E-state index contributed by atoms with van der Waals surface area (Å²) < 4.78 is 6.06. The lowest BCUT2D eigenvalue weighted by molar-refractivity contribution is 0.0632. The van der Waals surface area contributed by atoms with E-state index in [4.69, 9.17) is 4.74 Å². The summed E-state index contributed by atoms with van der Waals surface area (Å²) >= 11 is 0. The Hall–Kier alpha value is -3.02. The maximum Gasteiger partial charge on any atom is 0.253 e. The van der Waals surface area contributed by atoms with E-state index in [9.17, 15) is 9.59 Å². The Bertz CT molecular complexity index is 936. The van der Waals surface area contributed by atoms with Crippen LogP contribution in [-0.2, 0) is 0 Å². The average Bonchev–Trinajstić information content (AvgIpc) is 3.37. The van der Waals surface area contributed by atoms with Crippen molar-refractivity contribution in [3.63, 3.8) is 0 Å². The van der Waals surface area contributed by atoms with Crippen LogP contribution in [0.3, 0.4) is 0 Å². The molecule has 2 aliphatic rings. The first-order valence-corrected chi connectivity index (χ1v) is 11.6. The summed E-state index contributed by atoms with van der Waals surface area (Å²) in [6, 6.07) is 15.3. The number of nitrogens with zero attached hydrogens (tertiary/aromatic N) is 3. The van der Waals surface area contributed by atoms with Gasteiger partial charge in [-0.15, -0.1) is 0 Å². The quantitative estimate of drug-likeness (QED) is 0.690. The van der Waals surface area contributed by atoms with Crippen LogP contribution in [0.15, 0.2) is 48.5 Å². The molecule has 2 aromatic carbocycles. The van der Waals surface area contributed by atoms with Gasteiger partial charge in [-0.05, 0) is 68.1 Å². The molecule has 1 atom stereocenters. The van der Waals surface area contributed by atoms with Gasteiger partial charge in [0.15, 0.2) is 0 Å². The fraction of sp³-hybridized carbons (Fsp3) is 0.462. The molecule has 6 heteroatoms. The highest BCUT2D eigenvalue weighted by molar-refractivity contribution is 5.95. The highest BCUT2D eigenvalue weighted by Crippen LogP contribution is 2.23. The summed E-state index contributed by atoms with van der Waals surface area (Å²) in [5.74, 6) is 1.17. The fourth-order valence-corrected chi connectivity index (χ4v) is 4.51. The van der Waals surface area contributed by atoms with Gasteiger partial charge in [0.2, 0.25) is 0 Å². The second kappa shape index (κ2) is 10.1. The molecule has 0 N–H and O–H groups in total. The second-order valence-corrected chi connectivity index (χ2v) is 9.04. The van der Waals surface area contributed by atoms with Crippen molar-refractivity contribution in [1.82, 2.24) is 9.80 Å². The Kier molecular flexibility index (Phi) is 6.98. The van der Waals surface area contributed by atoms with E-state index in [0.29, 0.717) is 18.7 Å². The van der Waals surface area contributed by atoms with Crippen molar-refractivity contribution in [1.29, 1.82) is 0 Å². The van der Waals surface area contributed by atoms with E-state index in [0.717, 1.165) is 62.3 Å². The molecule has 0 unspecified atom stereocenters. The van der Waals surface area contributed by atoms with Crippen LogP contribution in [-0.4, -0.2) is 68.5 Å². The number of carbonyl (C=O) groups excluding carboxylic acids is 2. The van der Waals surface area contributed by atoms with Gasteiger partial charge in [-0.1, -0.05) is 6.07 Å². The van der Waals surface area contributed by atoms with Gasteiger partial charge in [0.05, 0.1) is 6.61 Å². The number of hydrogen-bond donors (Lipinski definition) is 0. The molecule has 0 aromatic heterocycles. The van der Waals surface area contributed by atoms with Gasteiger partial charge < -0.3 is 19.4 Å². The minimum absolute atomic E-state index is 0.0817. The van der Waals surface area contributed by atoms with Crippen LogP contribution in [0.5, 0.6) is 5.75 Å². The molecule has 2 aromatic rings. The number of anilines is 1. The zero-order valence-corrected chi connectivity index (χ0v) is 19.1. The molecular weight excluding hydrogens is 402 g/mol. The van der Waals surface area contributed by atoms with Crippen molar-refractivity contribution in [3.05, 3.63) is 59.7 Å². The molecule has 0 aliphatic carbocycles. The monoisotopic (exact) mass is 435 g/mol. The molecule has 2 fully saturated rings. The highest BCUT2D eigenvalue weighted by atomic mass is 16.5. The van der Waals surface area contributed by atoms with Gasteiger partial charge in [0.1, 0.15) is 5.75 Å². The number of likely N-dealkylation sites (tertiary alicyclic amines) is 2. The SMILES string of the molecule is CN(C)c1ccc(C(=O)N2CCC[C@@H](COc3cccc(C(=O)N4CCCC4)c3)C2)cc1.